The number of nitrogens with zero attached hydrogens (tertiary/aromatic N) is 3. The van der Waals surface area contributed by atoms with Crippen LogP contribution in [-0.2, 0) is 0 Å². The Hall–Kier alpha value is -2.60. The third-order valence-corrected chi connectivity index (χ3v) is 5.89. The number of piperidine rings is 1. The van der Waals surface area contributed by atoms with E-state index in [1.54, 1.807) is 0 Å². The molecule has 6 heteroatoms. The van der Waals surface area contributed by atoms with E-state index in [4.69, 9.17) is 4.74 Å². The van der Waals surface area contributed by atoms with Gasteiger partial charge in [-0.15, -0.1) is 11.3 Å². The maximum absolute atomic E-state index is 12.9. The molecule has 1 aliphatic rings. The summed E-state index contributed by atoms with van der Waals surface area (Å²) < 4.78 is 7.93. The molecule has 0 spiro atoms. The molecule has 1 saturated heterocycles. The van der Waals surface area contributed by atoms with Crippen molar-refractivity contribution in [1.82, 2.24) is 14.5 Å². The van der Waals surface area contributed by atoms with Crippen LogP contribution in [-0.4, -0.2) is 39.6 Å². The summed E-state index contributed by atoms with van der Waals surface area (Å²) >= 11 is 1.51. The van der Waals surface area contributed by atoms with Crippen LogP contribution < -0.4 is 4.74 Å². The van der Waals surface area contributed by atoms with E-state index in [-0.39, 0.29) is 12.0 Å². The first kappa shape index (κ1) is 18.7. The maximum Gasteiger partial charge on any atom is 0.273 e. The highest BCUT2D eigenvalue weighted by Crippen LogP contribution is 2.28. The highest BCUT2D eigenvalue weighted by atomic mass is 32.1. The molecule has 3 heterocycles. The van der Waals surface area contributed by atoms with Crippen molar-refractivity contribution in [2.75, 3.05) is 13.1 Å². The van der Waals surface area contributed by atoms with Crippen LogP contribution >= 0.6 is 11.3 Å². The number of carbonyl (C=O) groups is 1. The lowest BCUT2D eigenvalue weighted by molar-refractivity contribution is 0.0689. The molecule has 1 aromatic carbocycles. The molecule has 1 amide bonds. The van der Waals surface area contributed by atoms with E-state index in [0.29, 0.717) is 11.7 Å². The third kappa shape index (κ3) is 4.12. The van der Waals surface area contributed by atoms with E-state index in [2.05, 4.69) is 34.1 Å². The lowest BCUT2D eigenvalue weighted by atomic mass is 10.0. The van der Waals surface area contributed by atoms with Crippen molar-refractivity contribution < 1.29 is 9.53 Å². The van der Waals surface area contributed by atoms with Crippen LogP contribution in [0, 0.1) is 0 Å². The topological polar surface area (TPSA) is 47.4 Å². The Balaban J connectivity index is 1.39. The minimum absolute atomic E-state index is 0.0354. The Morgan fingerprint density at radius 2 is 1.82 bits per heavy atom. The van der Waals surface area contributed by atoms with Gasteiger partial charge in [-0.1, -0.05) is 0 Å². The van der Waals surface area contributed by atoms with Crippen LogP contribution in [0.2, 0.25) is 0 Å². The van der Waals surface area contributed by atoms with Crippen molar-refractivity contribution in [3.8, 4) is 16.3 Å². The summed E-state index contributed by atoms with van der Waals surface area (Å²) in [6, 6.07) is 12.5. The summed E-state index contributed by atoms with van der Waals surface area (Å²) in [5.41, 5.74) is 1.55. The number of hydrogen-bond donors (Lipinski definition) is 0. The fraction of sp³-hybridized carbons (Fsp3) is 0.364. The van der Waals surface area contributed by atoms with Crippen LogP contribution in [0.25, 0.3) is 10.6 Å². The van der Waals surface area contributed by atoms with Crippen LogP contribution in [0.1, 0.15) is 43.2 Å². The van der Waals surface area contributed by atoms with Gasteiger partial charge in [-0.2, -0.15) is 0 Å². The Kier molecular flexibility index (Phi) is 5.48. The molecule has 0 aliphatic carbocycles. The summed E-state index contributed by atoms with van der Waals surface area (Å²) in [5.74, 6) is 0.880. The SMILES string of the molecule is CC(C)Oc1ccc(-c2nc(C(=O)N3CCC(n4cccc4)CC3)cs2)cc1. The number of thiazole rings is 1. The molecular formula is C22H25N3O2S. The van der Waals surface area contributed by atoms with Gasteiger partial charge in [0, 0.05) is 42.5 Å². The van der Waals surface area contributed by atoms with Gasteiger partial charge in [0.2, 0.25) is 0 Å². The van der Waals surface area contributed by atoms with E-state index >= 15 is 0 Å². The second-order valence-corrected chi connectivity index (χ2v) is 8.24. The molecule has 2 aromatic heterocycles. The van der Waals surface area contributed by atoms with Crippen LogP contribution in [0.3, 0.4) is 0 Å². The molecule has 5 nitrogen and oxygen atoms in total. The molecule has 0 radical (unpaired) electrons. The predicted molar refractivity (Wildman–Crippen MR) is 112 cm³/mol. The first-order chi connectivity index (χ1) is 13.6. The summed E-state index contributed by atoms with van der Waals surface area (Å²) in [5, 5.41) is 2.73. The smallest absolute Gasteiger partial charge is 0.273 e. The standard InChI is InChI=1S/C22H25N3O2S/c1-16(2)27-19-7-5-17(6-8-19)21-23-20(15-28-21)22(26)25-13-9-18(10-14-25)24-11-3-4-12-24/h3-8,11-12,15-16,18H,9-10,13-14H2,1-2H3. The molecule has 146 valence electrons. The number of amides is 1. The first-order valence-corrected chi connectivity index (χ1v) is 10.6. The fourth-order valence-electron chi connectivity index (χ4n) is 3.57. The second-order valence-electron chi connectivity index (χ2n) is 7.38. The highest BCUT2D eigenvalue weighted by Gasteiger charge is 2.25. The van der Waals surface area contributed by atoms with Gasteiger partial charge >= 0.3 is 0 Å². The number of rotatable bonds is 5. The Morgan fingerprint density at radius 3 is 2.46 bits per heavy atom. The van der Waals surface area contributed by atoms with Crippen LogP contribution in [0.15, 0.2) is 54.2 Å². The Bertz CT molecular complexity index is 908. The lowest BCUT2D eigenvalue weighted by Crippen LogP contribution is -2.39. The molecule has 0 bridgehead atoms. The number of ether oxygens (including phenoxy) is 1. The molecule has 0 atom stereocenters. The molecule has 4 rings (SSSR count). The number of likely N-dealkylation sites (tertiary alicyclic amines) is 1. The van der Waals surface area contributed by atoms with E-state index in [1.165, 1.54) is 11.3 Å². The number of hydrogen-bond acceptors (Lipinski definition) is 4. The average molecular weight is 396 g/mol. The van der Waals surface area contributed by atoms with Gasteiger partial charge in [0.25, 0.3) is 5.91 Å². The summed E-state index contributed by atoms with van der Waals surface area (Å²) in [6.45, 7) is 5.56. The van der Waals surface area contributed by atoms with Crippen molar-refractivity contribution in [1.29, 1.82) is 0 Å². The van der Waals surface area contributed by atoms with Crippen LogP contribution in [0.4, 0.5) is 0 Å². The van der Waals surface area contributed by atoms with Crippen molar-refractivity contribution in [3.05, 3.63) is 59.9 Å². The van der Waals surface area contributed by atoms with Gasteiger partial charge in [-0.05, 0) is 63.1 Å². The van der Waals surface area contributed by atoms with Gasteiger partial charge in [0.1, 0.15) is 16.5 Å². The van der Waals surface area contributed by atoms with Gasteiger partial charge < -0.3 is 14.2 Å². The van der Waals surface area contributed by atoms with Crippen molar-refractivity contribution >= 4 is 17.2 Å². The van der Waals surface area contributed by atoms with Crippen LogP contribution in [0.5, 0.6) is 5.75 Å². The number of benzene rings is 1. The van der Waals surface area contributed by atoms with Crippen molar-refractivity contribution in [2.24, 2.45) is 0 Å². The minimum Gasteiger partial charge on any atom is -0.491 e. The third-order valence-electron chi connectivity index (χ3n) is 5.00. The largest absolute Gasteiger partial charge is 0.491 e. The molecule has 0 saturated carbocycles. The Labute approximate surface area is 169 Å². The molecule has 0 N–H and O–H groups in total. The minimum atomic E-state index is 0.0354. The zero-order chi connectivity index (χ0) is 19.5. The van der Waals surface area contributed by atoms with Crippen molar-refractivity contribution in [2.45, 2.75) is 38.8 Å². The monoisotopic (exact) mass is 395 g/mol. The lowest BCUT2D eigenvalue weighted by Gasteiger charge is -2.32. The van der Waals surface area contributed by atoms with Gasteiger partial charge in [0.05, 0.1) is 6.10 Å². The zero-order valence-corrected chi connectivity index (χ0v) is 17.1. The fourth-order valence-corrected chi connectivity index (χ4v) is 4.37. The van der Waals surface area contributed by atoms with E-state index in [1.807, 2.05) is 48.4 Å². The summed E-state index contributed by atoms with van der Waals surface area (Å²) in [6.07, 6.45) is 6.32. The molecule has 28 heavy (non-hydrogen) atoms. The van der Waals surface area contributed by atoms with Gasteiger partial charge in [-0.3, -0.25) is 4.79 Å². The quantitative estimate of drug-likeness (QED) is 0.619. The van der Waals surface area contributed by atoms with Crippen molar-refractivity contribution in [3.63, 3.8) is 0 Å². The average Bonchev–Trinajstić information content (AvgIpc) is 3.40. The van der Waals surface area contributed by atoms with E-state index < -0.39 is 0 Å². The molecule has 0 unspecified atom stereocenters. The van der Waals surface area contributed by atoms with Gasteiger partial charge in [-0.25, -0.2) is 4.98 Å². The van der Waals surface area contributed by atoms with E-state index in [9.17, 15) is 4.79 Å². The zero-order valence-electron chi connectivity index (χ0n) is 16.2. The molecular weight excluding hydrogens is 370 g/mol. The molecule has 1 aliphatic heterocycles. The first-order valence-electron chi connectivity index (χ1n) is 9.74. The highest BCUT2D eigenvalue weighted by molar-refractivity contribution is 7.13. The van der Waals surface area contributed by atoms with Gasteiger partial charge in [0.15, 0.2) is 0 Å². The Morgan fingerprint density at radius 1 is 1.14 bits per heavy atom. The summed E-state index contributed by atoms with van der Waals surface area (Å²) in [7, 11) is 0. The van der Waals surface area contributed by atoms with E-state index in [0.717, 1.165) is 42.3 Å². The number of carbonyl (C=O) groups excluding carboxylic acids is 1. The molecule has 1 fully saturated rings. The number of aromatic nitrogens is 2. The molecule has 3 aromatic rings. The normalized spacial score (nSPS) is 15.2. The second kappa shape index (κ2) is 8.19. The maximum atomic E-state index is 12.9. The summed E-state index contributed by atoms with van der Waals surface area (Å²) in [4.78, 5) is 19.4. The predicted octanol–water partition coefficient (Wildman–Crippen LogP) is 4.88.